The Hall–Kier alpha value is -0.580. The molecule has 1 heterocycles. The van der Waals surface area contributed by atoms with E-state index in [-0.39, 0.29) is 6.04 Å². The first-order valence-corrected chi connectivity index (χ1v) is 6.46. The zero-order chi connectivity index (χ0) is 11.5. The van der Waals surface area contributed by atoms with Gasteiger partial charge < -0.3 is 9.73 Å². The van der Waals surface area contributed by atoms with E-state index < -0.39 is 0 Å². The lowest BCUT2D eigenvalue weighted by Gasteiger charge is -2.14. The normalized spacial score (nSPS) is 12.7. The molecule has 0 amide bonds. The highest BCUT2D eigenvalue weighted by Crippen LogP contribution is 2.28. The van der Waals surface area contributed by atoms with Crippen LogP contribution in [0.2, 0.25) is 0 Å². The van der Waals surface area contributed by atoms with Gasteiger partial charge in [-0.1, -0.05) is 31.9 Å². The molecule has 0 aliphatic carbocycles. The smallest absolute Gasteiger partial charge is 0.125 e. The average molecular weight is 345 g/mol. The molecule has 1 atom stereocenters. The highest BCUT2D eigenvalue weighted by atomic mass is 79.9. The summed E-state index contributed by atoms with van der Waals surface area (Å²) in [6.45, 7) is 0. The van der Waals surface area contributed by atoms with Gasteiger partial charge >= 0.3 is 0 Å². The molecule has 1 N–H and O–H groups in total. The van der Waals surface area contributed by atoms with Crippen molar-refractivity contribution in [3.05, 3.63) is 56.9 Å². The van der Waals surface area contributed by atoms with Crippen LogP contribution >= 0.6 is 31.9 Å². The molecular weight excluding hydrogens is 334 g/mol. The summed E-state index contributed by atoms with van der Waals surface area (Å²) in [5, 5.41) is 3.24. The predicted octanol–water partition coefficient (Wildman–Crippen LogP) is 4.11. The van der Waals surface area contributed by atoms with Crippen LogP contribution < -0.4 is 5.32 Å². The number of furan rings is 1. The Morgan fingerprint density at radius 3 is 2.38 bits per heavy atom. The van der Waals surface area contributed by atoms with Gasteiger partial charge in [-0.3, -0.25) is 0 Å². The van der Waals surface area contributed by atoms with Gasteiger partial charge in [0.25, 0.3) is 0 Å². The van der Waals surface area contributed by atoms with Gasteiger partial charge in [-0.15, -0.1) is 0 Å². The predicted molar refractivity (Wildman–Crippen MR) is 71.5 cm³/mol. The van der Waals surface area contributed by atoms with Crippen molar-refractivity contribution < 1.29 is 4.42 Å². The van der Waals surface area contributed by atoms with E-state index in [9.17, 15) is 0 Å². The molecule has 1 unspecified atom stereocenters. The molecule has 1 aromatic carbocycles. The van der Waals surface area contributed by atoms with Crippen molar-refractivity contribution in [3.8, 4) is 0 Å². The highest BCUT2D eigenvalue weighted by molar-refractivity contribution is 9.11. The van der Waals surface area contributed by atoms with E-state index in [4.69, 9.17) is 4.42 Å². The Kier molecular flexibility index (Phi) is 3.84. The van der Waals surface area contributed by atoms with Crippen molar-refractivity contribution in [2.24, 2.45) is 0 Å². The van der Waals surface area contributed by atoms with E-state index in [0.717, 1.165) is 20.3 Å². The molecule has 2 rings (SSSR count). The fraction of sp³-hybridized carbons (Fsp3) is 0.167. The molecular formula is C12H11Br2NO. The van der Waals surface area contributed by atoms with Gasteiger partial charge in [-0.2, -0.15) is 0 Å². The van der Waals surface area contributed by atoms with Gasteiger partial charge in [0.05, 0.1) is 12.3 Å². The molecule has 4 heteroatoms. The van der Waals surface area contributed by atoms with Crippen LogP contribution in [-0.4, -0.2) is 7.05 Å². The molecule has 0 aliphatic heterocycles. The summed E-state index contributed by atoms with van der Waals surface area (Å²) < 4.78 is 7.52. The number of nitrogens with one attached hydrogen (secondary N) is 1. The molecule has 2 nitrogen and oxygen atoms in total. The minimum atomic E-state index is 0.0730. The third kappa shape index (κ3) is 2.56. The van der Waals surface area contributed by atoms with E-state index in [1.54, 1.807) is 6.26 Å². The number of hydrogen-bond donors (Lipinski definition) is 1. The molecule has 0 bridgehead atoms. The van der Waals surface area contributed by atoms with Crippen LogP contribution in [0, 0.1) is 0 Å². The van der Waals surface area contributed by atoms with Crippen LogP contribution in [0.5, 0.6) is 0 Å². The molecule has 0 saturated heterocycles. The van der Waals surface area contributed by atoms with Crippen molar-refractivity contribution in [1.82, 2.24) is 5.32 Å². The van der Waals surface area contributed by atoms with Crippen LogP contribution in [-0.2, 0) is 0 Å². The monoisotopic (exact) mass is 343 g/mol. The van der Waals surface area contributed by atoms with Crippen molar-refractivity contribution in [2.45, 2.75) is 6.04 Å². The lowest BCUT2D eigenvalue weighted by molar-refractivity contribution is 0.463. The summed E-state index contributed by atoms with van der Waals surface area (Å²) in [7, 11) is 1.92. The summed E-state index contributed by atoms with van der Waals surface area (Å²) in [6.07, 6.45) is 1.69. The summed E-state index contributed by atoms with van der Waals surface area (Å²) >= 11 is 6.97. The highest BCUT2D eigenvalue weighted by Gasteiger charge is 2.15. The Bertz CT molecular complexity index is 448. The molecule has 0 fully saturated rings. The van der Waals surface area contributed by atoms with Crippen LogP contribution in [0.1, 0.15) is 17.4 Å². The maximum absolute atomic E-state index is 5.43. The Morgan fingerprint density at radius 2 is 1.88 bits per heavy atom. The van der Waals surface area contributed by atoms with Gasteiger partial charge in [0.1, 0.15) is 5.76 Å². The van der Waals surface area contributed by atoms with Crippen LogP contribution in [0.25, 0.3) is 0 Å². The summed E-state index contributed by atoms with van der Waals surface area (Å²) in [5.74, 6) is 0.910. The Morgan fingerprint density at radius 1 is 1.19 bits per heavy atom. The molecule has 0 saturated carbocycles. The summed E-state index contributed by atoms with van der Waals surface area (Å²) in [6, 6.07) is 10.1. The number of hydrogen-bond acceptors (Lipinski definition) is 2. The van der Waals surface area contributed by atoms with Gasteiger partial charge in [-0.05, 0) is 42.9 Å². The zero-order valence-corrected chi connectivity index (χ0v) is 11.9. The maximum Gasteiger partial charge on any atom is 0.125 e. The van der Waals surface area contributed by atoms with Gasteiger partial charge in [-0.25, -0.2) is 0 Å². The molecule has 16 heavy (non-hydrogen) atoms. The van der Waals surface area contributed by atoms with Crippen molar-refractivity contribution >= 4 is 31.9 Å². The zero-order valence-electron chi connectivity index (χ0n) is 8.71. The van der Waals surface area contributed by atoms with Crippen LogP contribution in [0.15, 0.2) is 50.0 Å². The van der Waals surface area contributed by atoms with E-state index in [0.29, 0.717) is 0 Å². The summed E-state index contributed by atoms with van der Waals surface area (Å²) in [5.41, 5.74) is 1.15. The number of rotatable bonds is 3. The third-order valence-electron chi connectivity index (χ3n) is 2.33. The molecule has 1 aromatic heterocycles. The van der Waals surface area contributed by atoms with Gasteiger partial charge in [0, 0.05) is 8.95 Å². The third-order valence-corrected chi connectivity index (χ3v) is 3.25. The molecule has 0 spiro atoms. The minimum absolute atomic E-state index is 0.0730. The standard InChI is InChI=1S/C12H11Br2NO/c1-15-12(11-3-2-4-16-11)8-5-9(13)7-10(14)6-8/h2-7,12,15H,1H3. The first kappa shape index (κ1) is 11.9. The van der Waals surface area contributed by atoms with Gasteiger partial charge in [0.2, 0.25) is 0 Å². The van der Waals surface area contributed by atoms with E-state index in [1.807, 2.05) is 25.2 Å². The van der Waals surface area contributed by atoms with Crippen LogP contribution in [0.3, 0.4) is 0 Å². The lowest BCUT2D eigenvalue weighted by Crippen LogP contribution is -2.16. The summed E-state index contributed by atoms with van der Waals surface area (Å²) in [4.78, 5) is 0. The molecule has 2 aromatic rings. The van der Waals surface area contributed by atoms with E-state index in [1.165, 1.54) is 0 Å². The number of benzene rings is 1. The fourth-order valence-electron chi connectivity index (χ4n) is 1.67. The first-order valence-electron chi connectivity index (χ1n) is 4.87. The Balaban J connectivity index is 2.41. The second-order valence-electron chi connectivity index (χ2n) is 3.44. The largest absolute Gasteiger partial charge is 0.467 e. The quantitative estimate of drug-likeness (QED) is 0.906. The second kappa shape index (κ2) is 5.17. The molecule has 0 aliphatic rings. The molecule has 84 valence electrons. The second-order valence-corrected chi connectivity index (χ2v) is 5.27. The Labute approximate surface area is 111 Å². The minimum Gasteiger partial charge on any atom is -0.467 e. The van der Waals surface area contributed by atoms with Crippen molar-refractivity contribution in [2.75, 3.05) is 7.05 Å². The van der Waals surface area contributed by atoms with Crippen LogP contribution in [0.4, 0.5) is 0 Å². The number of halogens is 2. The first-order chi connectivity index (χ1) is 7.70. The topological polar surface area (TPSA) is 25.2 Å². The fourth-order valence-corrected chi connectivity index (χ4v) is 3.00. The van der Waals surface area contributed by atoms with Crippen molar-refractivity contribution in [3.63, 3.8) is 0 Å². The van der Waals surface area contributed by atoms with Gasteiger partial charge in [0.15, 0.2) is 0 Å². The molecule has 0 radical (unpaired) electrons. The lowest BCUT2D eigenvalue weighted by atomic mass is 10.1. The van der Waals surface area contributed by atoms with Crippen molar-refractivity contribution in [1.29, 1.82) is 0 Å². The maximum atomic E-state index is 5.43. The SMILES string of the molecule is CNC(c1cc(Br)cc(Br)c1)c1ccco1. The van der Waals surface area contributed by atoms with E-state index in [2.05, 4.69) is 49.3 Å². The van der Waals surface area contributed by atoms with E-state index >= 15 is 0 Å². The average Bonchev–Trinajstić information content (AvgIpc) is 2.70.